The quantitative estimate of drug-likeness (QED) is 0.766. The van der Waals surface area contributed by atoms with Crippen molar-refractivity contribution in [1.82, 2.24) is 0 Å². The molecule has 0 saturated heterocycles. The molecule has 0 aromatic heterocycles. The molecule has 3 saturated carbocycles. The van der Waals surface area contributed by atoms with Crippen LogP contribution in [-0.2, 0) is 0 Å². The monoisotopic (exact) mass is 249 g/mol. The van der Waals surface area contributed by atoms with Crippen molar-refractivity contribution in [3.63, 3.8) is 0 Å². The predicted octanol–water partition coefficient (Wildman–Crippen LogP) is 4.50. The molecule has 104 valence electrons. The molecule has 0 amide bonds. The lowest BCUT2D eigenvalue weighted by atomic mass is 9.64. The Morgan fingerprint density at radius 2 is 1.28 bits per heavy atom. The molecule has 18 heavy (non-hydrogen) atoms. The molecule has 3 fully saturated rings. The first kappa shape index (κ1) is 13.0. The summed E-state index contributed by atoms with van der Waals surface area (Å²) in [5.41, 5.74) is 6.64. The molecule has 0 bridgehead atoms. The molecule has 0 radical (unpaired) electrons. The van der Waals surface area contributed by atoms with Gasteiger partial charge in [0.2, 0.25) is 0 Å². The third-order valence-corrected chi connectivity index (χ3v) is 6.32. The minimum atomic E-state index is 0.535. The Hall–Kier alpha value is -0.0400. The Labute approximate surface area is 113 Å². The minimum absolute atomic E-state index is 0.535. The van der Waals surface area contributed by atoms with Crippen molar-refractivity contribution in [2.24, 2.45) is 29.4 Å². The van der Waals surface area contributed by atoms with Crippen LogP contribution in [0, 0.1) is 23.7 Å². The molecular weight excluding hydrogens is 218 g/mol. The summed E-state index contributed by atoms with van der Waals surface area (Å²) >= 11 is 0. The molecule has 0 aliphatic heterocycles. The van der Waals surface area contributed by atoms with Crippen LogP contribution in [0.5, 0.6) is 0 Å². The Kier molecular flexibility index (Phi) is 4.28. The molecule has 3 aliphatic carbocycles. The molecule has 4 atom stereocenters. The maximum Gasteiger partial charge on any atom is 0.00957 e. The predicted molar refractivity (Wildman–Crippen MR) is 77.3 cm³/mol. The lowest BCUT2D eigenvalue weighted by molar-refractivity contribution is 0.0973. The van der Waals surface area contributed by atoms with Gasteiger partial charge < -0.3 is 5.73 Å². The first-order chi connectivity index (χ1) is 8.84. The highest BCUT2D eigenvalue weighted by Gasteiger charge is 2.36. The summed E-state index contributed by atoms with van der Waals surface area (Å²) in [5, 5.41) is 0. The topological polar surface area (TPSA) is 26.0 Å². The van der Waals surface area contributed by atoms with Gasteiger partial charge in [-0.1, -0.05) is 44.9 Å². The summed E-state index contributed by atoms with van der Waals surface area (Å²) < 4.78 is 0. The SMILES string of the molecule is NC(C1CCCCC1)C1CCC2CCCCC2C1. The Morgan fingerprint density at radius 1 is 0.611 bits per heavy atom. The standard InChI is InChI=1S/C17H31N/c18-17(14-7-2-1-3-8-14)16-11-10-13-6-4-5-9-15(13)12-16/h13-17H,1-12,18H2. The van der Waals surface area contributed by atoms with Crippen molar-refractivity contribution in [3.05, 3.63) is 0 Å². The average molecular weight is 249 g/mol. The molecule has 3 rings (SSSR count). The molecule has 0 spiro atoms. The van der Waals surface area contributed by atoms with Gasteiger partial charge in [0.1, 0.15) is 0 Å². The van der Waals surface area contributed by atoms with E-state index in [1.807, 2.05) is 0 Å². The van der Waals surface area contributed by atoms with E-state index in [4.69, 9.17) is 5.73 Å². The fraction of sp³-hybridized carbons (Fsp3) is 1.00. The maximum atomic E-state index is 6.64. The summed E-state index contributed by atoms with van der Waals surface area (Å²) in [5.74, 6) is 3.86. The van der Waals surface area contributed by atoms with Crippen LogP contribution >= 0.6 is 0 Å². The van der Waals surface area contributed by atoms with E-state index in [-0.39, 0.29) is 0 Å². The van der Waals surface area contributed by atoms with Gasteiger partial charge in [-0.2, -0.15) is 0 Å². The molecule has 0 heterocycles. The van der Waals surface area contributed by atoms with E-state index in [0.717, 1.165) is 23.7 Å². The van der Waals surface area contributed by atoms with Gasteiger partial charge in [0, 0.05) is 6.04 Å². The van der Waals surface area contributed by atoms with E-state index in [2.05, 4.69) is 0 Å². The number of nitrogens with two attached hydrogens (primary N) is 1. The fourth-order valence-electron chi connectivity index (χ4n) is 5.16. The summed E-state index contributed by atoms with van der Waals surface area (Å²) in [4.78, 5) is 0. The zero-order valence-corrected chi connectivity index (χ0v) is 11.9. The summed E-state index contributed by atoms with van der Waals surface area (Å²) in [6.07, 6.45) is 17.6. The third kappa shape index (κ3) is 2.76. The van der Waals surface area contributed by atoms with E-state index >= 15 is 0 Å². The molecule has 1 nitrogen and oxygen atoms in total. The van der Waals surface area contributed by atoms with Gasteiger partial charge in [-0.25, -0.2) is 0 Å². The summed E-state index contributed by atoms with van der Waals surface area (Å²) in [6.45, 7) is 0. The van der Waals surface area contributed by atoms with Crippen LogP contribution in [0.2, 0.25) is 0 Å². The van der Waals surface area contributed by atoms with Crippen LogP contribution in [0.4, 0.5) is 0 Å². The highest BCUT2D eigenvalue weighted by Crippen LogP contribution is 2.45. The molecular formula is C17H31N. The highest BCUT2D eigenvalue weighted by atomic mass is 14.7. The van der Waals surface area contributed by atoms with Crippen molar-refractivity contribution >= 4 is 0 Å². The van der Waals surface area contributed by atoms with Gasteiger partial charge in [0.15, 0.2) is 0 Å². The molecule has 0 aromatic rings. The molecule has 3 aliphatic rings. The van der Waals surface area contributed by atoms with Crippen LogP contribution in [0.15, 0.2) is 0 Å². The first-order valence-corrected chi connectivity index (χ1v) is 8.60. The number of hydrogen-bond donors (Lipinski definition) is 1. The van der Waals surface area contributed by atoms with E-state index < -0.39 is 0 Å². The van der Waals surface area contributed by atoms with Crippen LogP contribution in [-0.4, -0.2) is 6.04 Å². The van der Waals surface area contributed by atoms with Crippen LogP contribution in [0.1, 0.15) is 77.0 Å². The number of hydrogen-bond acceptors (Lipinski definition) is 1. The van der Waals surface area contributed by atoms with Crippen molar-refractivity contribution in [1.29, 1.82) is 0 Å². The largest absolute Gasteiger partial charge is 0.327 e. The second-order valence-corrected chi connectivity index (χ2v) is 7.35. The van der Waals surface area contributed by atoms with Gasteiger partial charge in [0.25, 0.3) is 0 Å². The summed E-state index contributed by atoms with van der Waals surface area (Å²) in [7, 11) is 0. The highest BCUT2D eigenvalue weighted by molar-refractivity contribution is 4.90. The third-order valence-electron chi connectivity index (χ3n) is 6.32. The van der Waals surface area contributed by atoms with Crippen molar-refractivity contribution in [2.45, 2.75) is 83.1 Å². The van der Waals surface area contributed by atoms with E-state index in [9.17, 15) is 0 Å². The van der Waals surface area contributed by atoms with Crippen molar-refractivity contribution < 1.29 is 0 Å². The number of fused-ring (bicyclic) bond motifs is 1. The minimum Gasteiger partial charge on any atom is -0.327 e. The van der Waals surface area contributed by atoms with E-state index in [0.29, 0.717) is 6.04 Å². The Balaban J connectivity index is 1.55. The van der Waals surface area contributed by atoms with Gasteiger partial charge >= 0.3 is 0 Å². The molecule has 2 N–H and O–H groups in total. The van der Waals surface area contributed by atoms with Gasteiger partial charge in [-0.15, -0.1) is 0 Å². The second kappa shape index (κ2) is 5.94. The zero-order chi connectivity index (χ0) is 12.4. The van der Waals surface area contributed by atoms with Crippen molar-refractivity contribution in [3.8, 4) is 0 Å². The molecule has 0 aromatic carbocycles. The molecule has 1 heteroatoms. The zero-order valence-electron chi connectivity index (χ0n) is 11.9. The maximum absolute atomic E-state index is 6.64. The molecule has 4 unspecified atom stereocenters. The van der Waals surface area contributed by atoms with Gasteiger partial charge in [-0.3, -0.25) is 0 Å². The summed E-state index contributed by atoms with van der Waals surface area (Å²) in [6, 6.07) is 0.535. The van der Waals surface area contributed by atoms with Gasteiger partial charge in [-0.05, 0) is 55.8 Å². The van der Waals surface area contributed by atoms with Crippen LogP contribution < -0.4 is 5.73 Å². The lowest BCUT2D eigenvalue weighted by Gasteiger charge is -2.43. The van der Waals surface area contributed by atoms with E-state index in [1.165, 1.54) is 77.0 Å². The first-order valence-electron chi connectivity index (χ1n) is 8.60. The average Bonchev–Trinajstić information content (AvgIpc) is 2.47. The van der Waals surface area contributed by atoms with Gasteiger partial charge in [0.05, 0.1) is 0 Å². The van der Waals surface area contributed by atoms with Crippen molar-refractivity contribution in [2.75, 3.05) is 0 Å². The van der Waals surface area contributed by atoms with Crippen LogP contribution in [0.3, 0.4) is 0 Å². The lowest BCUT2D eigenvalue weighted by Crippen LogP contribution is -2.42. The Bertz CT molecular complexity index is 254. The van der Waals surface area contributed by atoms with E-state index in [1.54, 1.807) is 0 Å². The smallest absolute Gasteiger partial charge is 0.00957 e. The Morgan fingerprint density at radius 3 is 2.06 bits per heavy atom. The number of rotatable bonds is 2. The van der Waals surface area contributed by atoms with Crippen LogP contribution in [0.25, 0.3) is 0 Å². The fourth-order valence-corrected chi connectivity index (χ4v) is 5.16. The second-order valence-electron chi connectivity index (χ2n) is 7.35. The normalized spacial score (nSPS) is 40.2.